The van der Waals surface area contributed by atoms with E-state index in [1.54, 1.807) is 22.9 Å². The molecule has 3 aromatic heterocycles. The summed E-state index contributed by atoms with van der Waals surface area (Å²) in [5, 5.41) is 23.2. The lowest BCUT2D eigenvalue weighted by Crippen LogP contribution is -2.71. The van der Waals surface area contributed by atoms with Gasteiger partial charge in [-0.2, -0.15) is 9.36 Å². The number of nitrogens with two attached hydrogens (primary N) is 1. The molecular weight excluding hydrogens is 616 g/mol. The maximum Gasteiger partial charge on any atom is 0.352 e. The number of fused-ring (bicyclic) bond motifs is 2. The summed E-state index contributed by atoms with van der Waals surface area (Å²) in [6.07, 6.45) is 5.58. The van der Waals surface area contributed by atoms with Gasteiger partial charge in [-0.25, -0.2) is 9.36 Å². The SMILES string of the molecule is COc1ccc2n(n1)c(NC=O)c[n+]2CC1=C(C(=O)O)N2C(=O)[C@@H](NC(=O)/C(=N\OC3CCCC3)c3nsc(N)n3)[C@H]2SC1. The number of carbonyl (C=O) groups excluding carboxylic acids is 3. The zero-order valence-electron chi connectivity index (χ0n) is 23.2. The summed E-state index contributed by atoms with van der Waals surface area (Å²) in [7, 11) is 1.46. The maximum atomic E-state index is 13.3. The number of imidazole rings is 1. The van der Waals surface area contributed by atoms with Crippen molar-refractivity contribution >= 4 is 69.8 Å². The summed E-state index contributed by atoms with van der Waals surface area (Å²) in [4.78, 5) is 61.1. The molecule has 3 aromatic rings. The van der Waals surface area contributed by atoms with E-state index in [1.165, 1.54) is 28.3 Å². The third kappa shape index (κ3) is 5.39. The summed E-state index contributed by atoms with van der Waals surface area (Å²) in [5.74, 6) is -1.74. The standard InChI is InChI=1S/C25H26N10O7S2/c1-41-15-6-7-16-33(9-14(27-11-36)35(16)30-15)8-12-10-43-23-18(22(38)34(23)19(12)24(39)40)28-21(37)17(20-29-25(26)44-32-20)31-42-13-4-2-3-5-13/h6-7,9,11,13,18,23H,2-5,8,10H2,1H3,(H4-,26,27,28,29,30,32,36,37,39,40)/p+1/b31-17-/t18-,23-/m1/s1. The number of anilines is 2. The second kappa shape index (κ2) is 12.1. The Balaban J connectivity index is 1.23. The van der Waals surface area contributed by atoms with Crippen LogP contribution in [0.4, 0.5) is 10.9 Å². The van der Waals surface area contributed by atoms with Gasteiger partial charge in [-0.3, -0.25) is 24.6 Å². The summed E-state index contributed by atoms with van der Waals surface area (Å²) >= 11 is 2.20. The Morgan fingerprint density at radius 2 is 2.11 bits per heavy atom. The van der Waals surface area contributed by atoms with Gasteiger partial charge in [0.25, 0.3) is 23.5 Å². The van der Waals surface area contributed by atoms with E-state index < -0.39 is 29.2 Å². The number of aromatic nitrogens is 5. The van der Waals surface area contributed by atoms with Gasteiger partial charge in [-0.05, 0) is 30.8 Å². The summed E-state index contributed by atoms with van der Waals surface area (Å²) < 4.78 is 12.4. The van der Waals surface area contributed by atoms with Gasteiger partial charge >= 0.3 is 11.6 Å². The Labute approximate surface area is 257 Å². The number of nitrogens with one attached hydrogen (secondary N) is 2. The number of ether oxygens (including phenoxy) is 1. The molecule has 5 N–H and O–H groups in total. The van der Waals surface area contributed by atoms with Crippen LogP contribution in [0, 0.1) is 0 Å². The number of β-lactam (4-membered cyclic amide) rings is 1. The monoisotopic (exact) mass is 643 g/mol. The van der Waals surface area contributed by atoms with Crippen molar-refractivity contribution in [3.05, 3.63) is 35.4 Å². The Bertz CT molecular complexity index is 1710. The van der Waals surface area contributed by atoms with Crippen LogP contribution in [0.2, 0.25) is 0 Å². The first kappa shape index (κ1) is 29.3. The van der Waals surface area contributed by atoms with E-state index in [0.29, 0.717) is 29.3 Å². The molecule has 1 saturated heterocycles. The van der Waals surface area contributed by atoms with Crippen LogP contribution in [0.15, 0.2) is 34.8 Å². The van der Waals surface area contributed by atoms with Crippen LogP contribution in [0.25, 0.3) is 5.65 Å². The van der Waals surface area contributed by atoms with Crippen molar-refractivity contribution < 1.29 is 38.4 Å². The molecule has 2 fully saturated rings. The average Bonchev–Trinajstić information content (AvgIpc) is 3.77. The fourth-order valence-electron chi connectivity index (χ4n) is 5.31. The molecule has 2 atom stereocenters. The van der Waals surface area contributed by atoms with Gasteiger partial charge in [-0.1, -0.05) is 9.67 Å². The van der Waals surface area contributed by atoms with E-state index in [9.17, 15) is 24.3 Å². The minimum atomic E-state index is -1.28. The normalized spacial score (nSPS) is 20.3. The largest absolute Gasteiger partial charge is 0.479 e. The Morgan fingerprint density at radius 3 is 2.80 bits per heavy atom. The lowest BCUT2D eigenvalue weighted by Gasteiger charge is -2.49. The summed E-state index contributed by atoms with van der Waals surface area (Å²) in [5.41, 5.74) is 6.33. The van der Waals surface area contributed by atoms with Crippen molar-refractivity contribution in [2.45, 2.75) is 49.7 Å². The van der Waals surface area contributed by atoms with Crippen molar-refractivity contribution in [2.75, 3.05) is 23.9 Å². The second-order valence-electron chi connectivity index (χ2n) is 10.1. The second-order valence-corrected chi connectivity index (χ2v) is 12.0. The van der Waals surface area contributed by atoms with Crippen molar-refractivity contribution in [3.8, 4) is 5.88 Å². The molecular formula is C25H27N10O7S2+. The van der Waals surface area contributed by atoms with E-state index in [-0.39, 0.29) is 40.8 Å². The Kier molecular flexibility index (Phi) is 8.04. The van der Waals surface area contributed by atoms with Crippen molar-refractivity contribution in [1.82, 2.24) is 29.2 Å². The highest BCUT2D eigenvalue weighted by molar-refractivity contribution is 8.00. The van der Waals surface area contributed by atoms with E-state index >= 15 is 0 Å². The zero-order valence-corrected chi connectivity index (χ0v) is 24.8. The van der Waals surface area contributed by atoms with Gasteiger partial charge in [0.15, 0.2) is 11.3 Å². The highest BCUT2D eigenvalue weighted by Gasteiger charge is 2.54. The quantitative estimate of drug-likeness (QED) is 0.0698. The Morgan fingerprint density at radius 1 is 1.32 bits per heavy atom. The van der Waals surface area contributed by atoms with E-state index in [2.05, 4.69) is 30.2 Å². The number of nitrogen functional groups attached to an aromatic ring is 1. The number of hydrogen-bond acceptors (Lipinski definition) is 13. The average molecular weight is 644 g/mol. The van der Waals surface area contributed by atoms with Crippen LogP contribution < -0.4 is 25.7 Å². The first-order chi connectivity index (χ1) is 21.3. The van der Waals surface area contributed by atoms with Crippen LogP contribution >= 0.6 is 23.3 Å². The molecule has 44 heavy (non-hydrogen) atoms. The number of nitrogens with zero attached hydrogens (tertiary/aromatic N) is 7. The van der Waals surface area contributed by atoms with Gasteiger partial charge in [0.05, 0.1) is 7.11 Å². The van der Waals surface area contributed by atoms with Crippen molar-refractivity contribution in [2.24, 2.45) is 5.16 Å². The molecule has 0 bridgehead atoms. The number of carboxylic acids is 1. The number of amides is 3. The van der Waals surface area contributed by atoms with E-state index in [1.807, 2.05) is 0 Å². The summed E-state index contributed by atoms with van der Waals surface area (Å²) in [6, 6.07) is 2.33. The number of hydrogen-bond donors (Lipinski definition) is 4. The molecule has 6 rings (SSSR count). The molecule has 1 saturated carbocycles. The lowest BCUT2D eigenvalue weighted by atomic mass is 10.0. The number of thioether (sulfide) groups is 1. The first-order valence-electron chi connectivity index (χ1n) is 13.5. The van der Waals surface area contributed by atoms with Gasteiger partial charge in [0, 0.05) is 35.0 Å². The maximum absolute atomic E-state index is 13.3. The minimum Gasteiger partial charge on any atom is -0.479 e. The Hall–Kier alpha value is -4.78. The molecule has 2 aliphatic heterocycles. The highest BCUT2D eigenvalue weighted by atomic mass is 32.2. The predicted octanol–water partition coefficient (Wildman–Crippen LogP) is -0.265. The molecule has 0 aromatic carbocycles. The van der Waals surface area contributed by atoms with Crippen LogP contribution in [0.5, 0.6) is 5.88 Å². The highest BCUT2D eigenvalue weighted by Crippen LogP contribution is 2.40. The third-order valence-corrected chi connectivity index (χ3v) is 9.25. The van der Waals surface area contributed by atoms with Crippen LogP contribution in [0.1, 0.15) is 31.5 Å². The third-order valence-electron chi connectivity index (χ3n) is 7.37. The fraction of sp³-hybridized carbons (Fsp3) is 0.400. The minimum absolute atomic E-state index is 0.0244. The number of aliphatic carboxylic acids is 1. The molecule has 1 aliphatic carbocycles. The lowest BCUT2D eigenvalue weighted by molar-refractivity contribution is -0.662. The van der Waals surface area contributed by atoms with Crippen LogP contribution in [-0.2, 0) is 30.6 Å². The number of carboxylic acid groups (broad SMARTS) is 1. The smallest absolute Gasteiger partial charge is 0.352 e. The van der Waals surface area contributed by atoms with Gasteiger partial charge < -0.3 is 25.7 Å². The van der Waals surface area contributed by atoms with Gasteiger partial charge in [-0.15, -0.1) is 11.8 Å². The van der Waals surface area contributed by atoms with Crippen LogP contribution in [-0.4, -0.2) is 89.3 Å². The molecule has 0 unspecified atom stereocenters. The number of rotatable bonds is 11. The first-order valence-corrected chi connectivity index (χ1v) is 15.3. The van der Waals surface area contributed by atoms with Gasteiger partial charge in [0.1, 0.15) is 29.8 Å². The molecule has 19 heteroatoms. The molecule has 5 heterocycles. The van der Waals surface area contributed by atoms with E-state index in [4.69, 9.17) is 15.3 Å². The number of carbonyl (C=O) groups is 4. The van der Waals surface area contributed by atoms with Crippen molar-refractivity contribution in [1.29, 1.82) is 0 Å². The molecule has 3 aliphatic rings. The molecule has 17 nitrogen and oxygen atoms in total. The zero-order chi connectivity index (χ0) is 31.0. The number of oxime groups is 1. The van der Waals surface area contributed by atoms with Crippen LogP contribution in [0.3, 0.4) is 0 Å². The molecule has 230 valence electrons. The predicted molar refractivity (Wildman–Crippen MR) is 156 cm³/mol. The molecule has 0 radical (unpaired) electrons. The number of methoxy groups -OCH3 is 1. The van der Waals surface area contributed by atoms with Crippen molar-refractivity contribution in [3.63, 3.8) is 0 Å². The molecule has 3 amide bonds. The van der Waals surface area contributed by atoms with E-state index in [0.717, 1.165) is 37.2 Å². The fourth-order valence-corrected chi connectivity index (χ4v) is 7.08. The summed E-state index contributed by atoms with van der Waals surface area (Å²) in [6.45, 7) is 0.0897. The molecule has 0 spiro atoms. The topological polar surface area (TPSA) is 220 Å². The van der Waals surface area contributed by atoms with Gasteiger partial charge in [0.2, 0.25) is 17.9 Å².